The highest BCUT2D eigenvalue weighted by atomic mass is 19.1. The van der Waals surface area contributed by atoms with Crippen LogP contribution in [0.2, 0.25) is 0 Å². The van der Waals surface area contributed by atoms with E-state index in [1.54, 1.807) is 6.07 Å². The third kappa shape index (κ3) is 10.7. The van der Waals surface area contributed by atoms with E-state index in [0.29, 0.717) is 40.3 Å². The fourth-order valence-electron chi connectivity index (χ4n) is 3.99. The van der Waals surface area contributed by atoms with Crippen LogP contribution in [-0.4, -0.2) is 50.6 Å². The fraction of sp³-hybridized carbons (Fsp3) is 0.235. The molecule has 2 aliphatic carbocycles. The Balaban J connectivity index is 0.000000176. The number of pyridine rings is 2. The number of carbonyl (C=O) groups excluding carboxylic acids is 3. The highest BCUT2D eigenvalue weighted by Gasteiger charge is 2.23. The van der Waals surface area contributed by atoms with E-state index in [4.69, 9.17) is 10.8 Å². The number of nitrogen functional groups attached to an aromatic ring is 1. The third-order valence-corrected chi connectivity index (χ3v) is 6.92. The van der Waals surface area contributed by atoms with Gasteiger partial charge < -0.3 is 26.8 Å². The summed E-state index contributed by atoms with van der Waals surface area (Å²) in [5.74, 6) is -2.44. The van der Waals surface area contributed by atoms with Crippen molar-refractivity contribution >= 4 is 46.2 Å². The summed E-state index contributed by atoms with van der Waals surface area (Å²) in [6.07, 6.45) is 9.74. The second-order valence-corrected chi connectivity index (χ2v) is 11.1. The summed E-state index contributed by atoms with van der Waals surface area (Å²) < 4.78 is 26.1. The topological polar surface area (TPSA) is 176 Å². The number of carbonyl (C=O) groups is 4. The fourth-order valence-corrected chi connectivity index (χ4v) is 3.99. The molecule has 0 spiro atoms. The highest BCUT2D eigenvalue weighted by molar-refractivity contribution is 6.07. The molecule has 2 heterocycles. The van der Waals surface area contributed by atoms with E-state index in [1.165, 1.54) is 81.1 Å². The van der Waals surface area contributed by atoms with Gasteiger partial charge in [-0.25, -0.2) is 13.6 Å². The summed E-state index contributed by atoms with van der Waals surface area (Å²) >= 11 is 0. The van der Waals surface area contributed by atoms with Crippen LogP contribution >= 0.6 is 0 Å². The molecular formula is C34H34F2N6O5. The van der Waals surface area contributed by atoms with Crippen LogP contribution in [0.25, 0.3) is 0 Å². The number of nitrogens with one attached hydrogen (secondary N) is 3. The minimum absolute atomic E-state index is 0.0303. The molecule has 6 N–H and O–H groups in total. The van der Waals surface area contributed by atoms with Crippen molar-refractivity contribution in [1.82, 2.24) is 9.97 Å². The lowest BCUT2D eigenvalue weighted by atomic mass is 10.1. The second-order valence-electron chi connectivity index (χ2n) is 11.1. The maximum atomic E-state index is 13.4. The van der Waals surface area contributed by atoms with Crippen LogP contribution in [0.15, 0.2) is 73.3 Å². The minimum atomic E-state index is -1.08. The van der Waals surface area contributed by atoms with E-state index in [9.17, 15) is 28.0 Å². The number of aromatic carboxylic acids is 1. The number of nitrogens with two attached hydrogens (primary N) is 1. The number of aromatic nitrogens is 2. The van der Waals surface area contributed by atoms with Crippen molar-refractivity contribution in [3.05, 3.63) is 107 Å². The number of amides is 1. The van der Waals surface area contributed by atoms with Crippen molar-refractivity contribution in [3.63, 3.8) is 0 Å². The molecule has 0 bridgehead atoms. The Bertz CT molecular complexity index is 1760. The summed E-state index contributed by atoms with van der Waals surface area (Å²) in [6.45, 7) is 2.78. The first-order chi connectivity index (χ1) is 22.4. The van der Waals surface area contributed by atoms with Gasteiger partial charge in [0.25, 0.3) is 5.91 Å². The number of halogens is 2. The number of benzene rings is 2. The summed E-state index contributed by atoms with van der Waals surface area (Å²) in [5, 5.41) is 17.6. The van der Waals surface area contributed by atoms with Gasteiger partial charge in [-0.05, 0) is 88.1 Å². The molecule has 2 aliphatic rings. The van der Waals surface area contributed by atoms with Crippen LogP contribution in [0.1, 0.15) is 81.0 Å². The molecule has 2 aromatic carbocycles. The first kappa shape index (κ1) is 34.2. The van der Waals surface area contributed by atoms with E-state index >= 15 is 0 Å². The zero-order chi connectivity index (χ0) is 34.1. The molecule has 244 valence electrons. The average molecular weight is 645 g/mol. The molecular weight excluding hydrogens is 610 g/mol. The standard InChI is InChI=1S/C17H16FN3O2.C9H11FN2.C8H7NO3/c1-10(22)11-6-12(9-19-8-11)17(23)21-15-5-2-13(18)7-16(15)20-14-3-4-14;10-6-1-4-8(11)9(5-6)12-7-2-3-7;1-5(10)6-2-7(8(11)12)4-9-3-6/h2,5-9,14,20H,3-4H2,1H3,(H,21,23);1,4-5,7,12H,2-3,11H2;2-4H,1H3,(H,11,12). The molecule has 6 rings (SSSR count). The molecule has 0 radical (unpaired) electrons. The number of anilines is 4. The monoisotopic (exact) mass is 644 g/mol. The SMILES string of the molecule is CC(=O)c1cncc(C(=O)Nc2ccc(F)cc2NC2CC2)c1.CC(=O)c1cncc(C(=O)O)c1.Nc1ccc(F)cc1NC1CC1. The first-order valence-corrected chi connectivity index (χ1v) is 14.7. The van der Waals surface area contributed by atoms with E-state index in [2.05, 4.69) is 25.9 Å². The molecule has 11 nitrogen and oxygen atoms in total. The molecule has 13 heteroatoms. The molecule has 0 atom stereocenters. The largest absolute Gasteiger partial charge is 0.478 e. The van der Waals surface area contributed by atoms with E-state index in [1.807, 2.05) is 0 Å². The van der Waals surface area contributed by atoms with Gasteiger partial charge in [-0.3, -0.25) is 24.4 Å². The smallest absolute Gasteiger partial charge is 0.337 e. The number of ketones is 2. The number of nitrogens with zero attached hydrogens (tertiary/aromatic N) is 2. The minimum Gasteiger partial charge on any atom is -0.478 e. The van der Waals surface area contributed by atoms with Crippen LogP contribution in [0.5, 0.6) is 0 Å². The Hall–Kier alpha value is -5.72. The number of hydrogen-bond donors (Lipinski definition) is 5. The quantitative estimate of drug-likeness (QED) is 0.104. The van der Waals surface area contributed by atoms with E-state index in [0.717, 1.165) is 31.4 Å². The molecule has 0 saturated heterocycles. The predicted octanol–water partition coefficient (Wildman–Crippen LogP) is 6.21. The summed E-state index contributed by atoms with van der Waals surface area (Å²) in [7, 11) is 0. The lowest BCUT2D eigenvalue weighted by Gasteiger charge is -2.13. The Kier molecular flexibility index (Phi) is 11.3. The van der Waals surface area contributed by atoms with Crippen LogP contribution in [0, 0.1) is 11.6 Å². The van der Waals surface area contributed by atoms with E-state index in [-0.39, 0.29) is 34.3 Å². The van der Waals surface area contributed by atoms with Gasteiger partial charge in [0, 0.05) is 48.0 Å². The van der Waals surface area contributed by atoms with Gasteiger partial charge in [-0.2, -0.15) is 0 Å². The Morgan fingerprint density at radius 1 is 0.681 bits per heavy atom. The average Bonchev–Trinajstić information content (AvgIpc) is 3.99. The predicted molar refractivity (Wildman–Crippen MR) is 174 cm³/mol. The molecule has 2 saturated carbocycles. The van der Waals surface area contributed by atoms with Crippen molar-refractivity contribution in [2.45, 2.75) is 51.6 Å². The van der Waals surface area contributed by atoms with E-state index < -0.39 is 11.9 Å². The third-order valence-electron chi connectivity index (χ3n) is 6.92. The lowest BCUT2D eigenvalue weighted by molar-refractivity contribution is 0.0696. The van der Waals surface area contributed by atoms with Crippen molar-refractivity contribution in [2.24, 2.45) is 0 Å². The van der Waals surface area contributed by atoms with Gasteiger partial charge in [0.15, 0.2) is 11.6 Å². The molecule has 2 aromatic heterocycles. The van der Waals surface area contributed by atoms with Gasteiger partial charge in [0.05, 0.1) is 33.9 Å². The van der Waals surface area contributed by atoms with Gasteiger partial charge in [0.2, 0.25) is 0 Å². The molecule has 1 amide bonds. The van der Waals surface area contributed by atoms with Crippen molar-refractivity contribution in [1.29, 1.82) is 0 Å². The van der Waals surface area contributed by atoms with Crippen molar-refractivity contribution in [3.8, 4) is 0 Å². The Labute approximate surface area is 269 Å². The van der Waals surface area contributed by atoms with Gasteiger partial charge in [-0.1, -0.05) is 0 Å². The number of Topliss-reactive ketones (excluding diaryl/α,β-unsaturated/α-hetero) is 2. The van der Waals surface area contributed by atoms with Crippen LogP contribution in [0.3, 0.4) is 0 Å². The van der Waals surface area contributed by atoms with Crippen molar-refractivity contribution < 1.29 is 33.1 Å². The first-order valence-electron chi connectivity index (χ1n) is 14.7. The van der Waals surface area contributed by atoms with Crippen LogP contribution in [0.4, 0.5) is 31.5 Å². The zero-order valence-electron chi connectivity index (χ0n) is 25.7. The summed E-state index contributed by atoms with van der Waals surface area (Å²) in [4.78, 5) is 52.5. The van der Waals surface area contributed by atoms with Crippen LogP contribution in [-0.2, 0) is 0 Å². The molecule has 4 aromatic rings. The molecule has 2 fully saturated rings. The number of hydrogen-bond acceptors (Lipinski definition) is 9. The summed E-state index contributed by atoms with van der Waals surface area (Å²) in [6, 6.07) is 12.2. The summed E-state index contributed by atoms with van der Waals surface area (Å²) in [5.41, 5.74) is 9.01. The maximum absolute atomic E-state index is 13.4. The molecule has 0 aliphatic heterocycles. The number of rotatable bonds is 9. The van der Waals surface area contributed by atoms with Crippen LogP contribution < -0.4 is 21.7 Å². The maximum Gasteiger partial charge on any atom is 0.337 e. The Morgan fingerprint density at radius 2 is 1.15 bits per heavy atom. The normalized spacial score (nSPS) is 13.1. The zero-order valence-corrected chi connectivity index (χ0v) is 25.7. The second kappa shape index (κ2) is 15.5. The number of carboxylic acids is 1. The molecule has 47 heavy (non-hydrogen) atoms. The highest BCUT2D eigenvalue weighted by Crippen LogP contribution is 2.31. The molecule has 0 unspecified atom stereocenters. The van der Waals surface area contributed by atoms with Gasteiger partial charge >= 0.3 is 5.97 Å². The lowest BCUT2D eigenvalue weighted by Crippen LogP contribution is -2.15. The number of carboxylic acid groups (broad SMARTS) is 1. The van der Waals surface area contributed by atoms with Gasteiger partial charge in [-0.15, -0.1) is 0 Å². The Morgan fingerprint density at radius 3 is 1.68 bits per heavy atom. The van der Waals surface area contributed by atoms with Crippen molar-refractivity contribution in [2.75, 3.05) is 21.7 Å². The van der Waals surface area contributed by atoms with Gasteiger partial charge in [0.1, 0.15) is 11.6 Å².